The van der Waals surface area contributed by atoms with Crippen LogP contribution in [0.5, 0.6) is 0 Å². The van der Waals surface area contributed by atoms with Crippen molar-refractivity contribution in [1.29, 1.82) is 0 Å². The molecule has 21 heavy (non-hydrogen) atoms. The van der Waals surface area contributed by atoms with Gasteiger partial charge in [0.15, 0.2) is 0 Å². The summed E-state index contributed by atoms with van der Waals surface area (Å²) in [5, 5.41) is 26.2. The maximum atomic E-state index is 11.8. The molecule has 1 aromatic rings. The number of carbonyl (C=O) groups excluding carboxylic acids is 3. The number of carboxylic acid groups (broad SMARTS) is 2. The van der Waals surface area contributed by atoms with E-state index in [1.165, 1.54) is 12.1 Å². The number of amides is 1. The molecule has 1 rings (SSSR count). The topological polar surface area (TPSA) is 121 Å². The van der Waals surface area contributed by atoms with Gasteiger partial charge in [-0.1, -0.05) is 0 Å². The molecule has 0 aromatic heterocycles. The number of nitrogens with one attached hydrogen (secondary N) is 2. The van der Waals surface area contributed by atoms with E-state index in [4.69, 9.17) is 0 Å². The first kappa shape index (κ1) is 19.7. The fourth-order valence-corrected chi connectivity index (χ4v) is 1.54. The van der Waals surface area contributed by atoms with Crippen molar-refractivity contribution < 1.29 is 24.6 Å². The van der Waals surface area contributed by atoms with Gasteiger partial charge in [-0.15, -0.1) is 0 Å². The van der Waals surface area contributed by atoms with Crippen molar-refractivity contribution in [3.8, 4) is 0 Å². The summed E-state index contributed by atoms with van der Waals surface area (Å²) < 4.78 is 0. The summed E-state index contributed by atoms with van der Waals surface area (Å²) in [5.41, 5.74) is 1.07. The summed E-state index contributed by atoms with van der Waals surface area (Å²) in [5.74, 6) is -3.53. The molecule has 0 saturated carbocycles. The van der Waals surface area contributed by atoms with Gasteiger partial charge in [0.2, 0.25) is 0 Å². The van der Waals surface area contributed by atoms with Gasteiger partial charge in [0.1, 0.15) is 0 Å². The van der Waals surface area contributed by atoms with E-state index in [0.717, 1.165) is 5.69 Å². The minimum absolute atomic E-state index is 0. The first-order valence-electron chi connectivity index (χ1n) is 5.93. The number of rotatable bonds is 7. The van der Waals surface area contributed by atoms with E-state index < -0.39 is 30.3 Å². The van der Waals surface area contributed by atoms with Gasteiger partial charge in [0, 0.05) is 24.3 Å². The molecule has 108 valence electrons. The van der Waals surface area contributed by atoms with Crippen LogP contribution in [0.25, 0.3) is 0 Å². The molecule has 1 amide bonds. The molecule has 2 N–H and O–H groups in total. The van der Waals surface area contributed by atoms with Crippen LogP contribution >= 0.6 is 0 Å². The number of hydrogen-bond acceptors (Lipinski definition) is 6. The van der Waals surface area contributed by atoms with Crippen LogP contribution in [0.4, 0.5) is 5.69 Å². The molecule has 8 heteroatoms. The molecule has 0 aliphatic rings. The minimum Gasteiger partial charge on any atom is -0.550 e. The van der Waals surface area contributed by atoms with Crippen molar-refractivity contribution in [2.45, 2.75) is 18.9 Å². The van der Waals surface area contributed by atoms with Crippen molar-refractivity contribution in [2.24, 2.45) is 0 Å². The smallest absolute Gasteiger partial charge is 0.550 e. The second-order valence-electron chi connectivity index (χ2n) is 4.08. The second-order valence-corrected chi connectivity index (χ2v) is 4.08. The van der Waals surface area contributed by atoms with Gasteiger partial charge in [-0.05, 0) is 37.1 Å². The third-order valence-corrected chi connectivity index (χ3v) is 2.66. The molecule has 0 radical (unpaired) electrons. The van der Waals surface area contributed by atoms with Crippen LogP contribution in [0.1, 0.15) is 23.2 Å². The molecular weight excluding hydrogens is 304 g/mol. The molecule has 0 aliphatic carbocycles. The maximum absolute atomic E-state index is 11.8. The van der Waals surface area contributed by atoms with Crippen LogP contribution in [0.15, 0.2) is 24.3 Å². The van der Waals surface area contributed by atoms with E-state index in [1.807, 2.05) is 0 Å². The normalized spacial score (nSPS) is 10.9. The first-order valence-corrected chi connectivity index (χ1v) is 5.93. The Morgan fingerprint density at radius 3 is 2.14 bits per heavy atom. The van der Waals surface area contributed by atoms with E-state index in [2.05, 4.69) is 10.6 Å². The predicted molar refractivity (Wildman–Crippen MR) is 72.2 cm³/mol. The van der Waals surface area contributed by atoms with E-state index >= 15 is 0 Å². The summed E-state index contributed by atoms with van der Waals surface area (Å²) in [6, 6.07) is 4.98. The Labute approximate surface area is 151 Å². The Balaban J connectivity index is 0.00000400. The first-order chi connectivity index (χ1) is 9.43. The number of benzene rings is 1. The third-order valence-electron chi connectivity index (χ3n) is 2.66. The molecule has 0 heterocycles. The van der Waals surface area contributed by atoms with Gasteiger partial charge < -0.3 is 30.4 Å². The zero-order valence-corrected chi connectivity index (χ0v) is 13.8. The van der Waals surface area contributed by atoms with E-state index in [1.54, 1.807) is 19.2 Å². The minimum atomic E-state index is -1.54. The Morgan fingerprint density at radius 2 is 1.71 bits per heavy atom. The Bertz CT molecular complexity index is 504. The zero-order valence-electron chi connectivity index (χ0n) is 11.5. The Kier molecular flexibility index (Phi) is 9.00. The second kappa shape index (κ2) is 9.59. The van der Waals surface area contributed by atoms with Gasteiger partial charge >= 0.3 is 37.7 Å². The summed E-state index contributed by atoms with van der Waals surface area (Å²) in [4.78, 5) is 33.0. The monoisotopic (exact) mass is 318 g/mol. The van der Waals surface area contributed by atoms with Crippen LogP contribution in [-0.2, 0) is 9.59 Å². The SMILES string of the molecule is CNc1ccc(C(=O)N[C@@H](CCC(=O)[O-])C(=O)[O-])cc1.[Ca+2]. The van der Waals surface area contributed by atoms with Crippen molar-refractivity contribution in [1.82, 2.24) is 5.32 Å². The summed E-state index contributed by atoms with van der Waals surface area (Å²) in [7, 11) is 1.72. The fraction of sp³-hybridized carbons (Fsp3) is 0.308. The van der Waals surface area contributed by atoms with Crippen LogP contribution in [0, 0.1) is 0 Å². The zero-order chi connectivity index (χ0) is 15.1. The van der Waals surface area contributed by atoms with Crippen LogP contribution < -0.4 is 20.8 Å². The average molecular weight is 318 g/mol. The molecular formula is C13H14CaN2O5. The van der Waals surface area contributed by atoms with Crippen LogP contribution in [0.2, 0.25) is 0 Å². The number of carboxylic acids is 2. The van der Waals surface area contributed by atoms with Crippen molar-refractivity contribution >= 4 is 61.3 Å². The molecule has 0 saturated heterocycles. The summed E-state index contributed by atoms with van der Waals surface area (Å²) in [6.45, 7) is 0. The quantitative estimate of drug-likeness (QED) is 0.547. The average Bonchev–Trinajstić information content (AvgIpc) is 2.42. The Hall–Kier alpha value is -1.31. The van der Waals surface area contributed by atoms with E-state index in [-0.39, 0.29) is 49.7 Å². The molecule has 0 spiro atoms. The molecule has 0 fully saturated rings. The number of carbonyl (C=O) groups is 3. The van der Waals surface area contributed by atoms with Gasteiger partial charge in [0.05, 0.1) is 12.0 Å². The molecule has 1 aromatic carbocycles. The largest absolute Gasteiger partial charge is 2.00 e. The molecule has 0 bridgehead atoms. The Morgan fingerprint density at radius 1 is 1.14 bits per heavy atom. The maximum Gasteiger partial charge on any atom is 2.00 e. The number of aliphatic carboxylic acids is 2. The fourth-order valence-electron chi connectivity index (χ4n) is 1.54. The van der Waals surface area contributed by atoms with Crippen molar-refractivity contribution in [3.63, 3.8) is 0 Å². The summed E-state index contributed by atoms with van der Waals surface area (Å²) in [6.07, 6.45) is -0.761. The molecule has 0 unspecified atom stereocenters. The van der Waals surface area contributed by atoms with Crippen LogP contribution in [0.3, 0.4) is 0 Å². The molecule has 1 atom stereocenters. The van der Waals surface area contributed by atoms with Gasteiger partial charge in [0.25, 0.3) is 5.91 Å². The van der Waals surface area contributed by atoms with E-state index in [9.17, 15) is 24.6 Å². The van der Waals surface area contributed by atoms with Crippen molar-refractivity contribution in [2.75, 3.05) is 12.4 Å². The van der Waals surface area contributed by atoms with Gasteiger partial charge in [-0.3, -0.25) is 4.79 Å². The van der Waals surface area contributed by atoms with Gasteiger partial charge in [-0.2, -0.15) is 0 Å². The van der Waals surface area contributed by atoms with Crippen molar-refractivity contribution in [3.05, 3.63) is 29.8 Å². The summed E-state index contributed by atoms with van der Waals surface area (Å²) >= 11 is 0. The van der Waals surface area contributed by atoms with Crippen LogP contribution in [-0.4, -0.2) is 68.7 Å². The number of hydrogen-bond donors (Lipinski definition) is 2. The third kappa shape index (κ3) is 6.79. The standard InChI is InChI=1S/C13H16N2O5.Ca/c1-14-9-4-2-8(3-5-9)12(18)15-10(13(19)20)6-7-11(16)17;/h2-5,10,14H,6-7H2,1H3,(H,15,18)(H,16,17)(H,19,20);/q;+2/p-2/t10-;/m0./s1. The van der Waals surface area contributed by atoms with E-state index in [0.29, 0.717) is 0 Å². The molecule has 7 nitrogen and oxygen atoms in total. The number of anilines is 1. The van der Waals surface area contributed by atoms with Gasteiger partial charge in [-0.25, -0.2) is 0 Å². The molecule has 0 aliphatic heterocycles. The predicted octanol–water partition coefficient (Wildman–Crippen LogP) is -2.27.